The van der Waals surface area contributed by atoms with Gasteiger partial charge in [0.15, 0.2) is 0 Å². The first kappa shape index (κ1) is 22.5. The van der Waals surface area contributed by atoms with Crippen LogP contribution in [-0.4, -0.2) is 30.2 Å². The van der Waals surface area contributed by atoms with Gasteiger partial charge in [0.05, 0.1) is 23.4 Å². The van der Waals surface area contributed by atoms with Crippen molar-refractivity contribution in [3.8, 4) is 5.75 Å². The summed E-state index contributed by atoms with van der Waals surface area (Å²) in [6.45, 7) is 4.21. The van der Waals surface area contributed by atoms with Crippen molar-refractivity contribution in [1.82, 2.24) is 0 Å². The number of benzene rings is 2. The van der Waals surface area contributed by atoms with Gasteiger partial charge in [-0.15, -0.1) is 0 Å². The van der Waals surface area contributed by atoms with Crippen LogP contribution in [0.2, 0.25) is 0 Å². The molecule has 2 aromatic carbocycles. The third-order valence-corrected chi connectivity index (χ3v) is 9.06. The lowest BCUT2D eigenvalue weighted by Gasteiger charge is -2.37. The van der Waals surface area contributed by atoms with E-state index in [0.717, 1.165) is 23.2 Å². The van der Waals surface area contributed by atoms with Crippen molar-refractivity contribution >= 4 is 35.1 Å². The van der Waals surface area contributed by atoms with Gasteiger partial charge in [0.2, 0.25) is 17.7 Å². The Morgan fingerprint density at radius 3 is 2.30 bits per heavy atom. The molecule has 188 valence electrons. The molecule has 2 bridgehead atoms. The first-order chi connectivity index (χ1) is 17.8. The van der Waals surface area contributed by atoms with Gasteiger partial charge in [0, 0.05) is 24.7 Å². The molecular weight excluding hydrogens is 468 g/mol. The minimum Gasteiger partial charge on any atom is -0.426 e. The number of rotatable bonds is 4. The summed E-state index contributed by atoms with van der Waals surface area (Å²) in [6.07, 6.45) is 5.50. The molecule has 2 heterocycles. The van der Waals surface area contributed by atoms with Crippen molar-refractivity contribution in [1.29, 1.82) is 0 Å². The fourth-order valence-electron chi connectivity index (χ4n) is 7.30. The van der Waals surface area contributed by atoms with Crippen molar-refractivity contribution < 1.29 is 23.9 Å². The number of nitrogens with zero attached hydrogens (tertiary/aromatic N) is 2. The van der Waals surface area contributed by atoms with Crippen LogP contribution in [0.25, 0.3) is 0 Å². The van der Waals surface area contributed by atoms with Gasteiger partial charge < -0.3 is 9.64 Å². The lowest BCUT2D eigenvalue weighted by Crippen LogP contribution is -2.40. The third kappa shape index (κ3) is 3.32. The predicted octanol–water partition coefficient (Wildman–Crippen LogP) is 3.82. The molecule has 2 aromatic rings. The Kier molecular flexibility index (Phi) is 4.78. The number of amides is 3. The summed E-state index contributed by atoms with van der Waals surface area (Å²) in [6, 6.07) is 12.5. The van der Waals surface area contributed by atoms with Crippen molar-refractivity contribution in [2.75, 3.05) is 16.3 Å². The minimum atomic E-state index is -0.594. The van der Waals surface area contributed by atoms with Crippen LogP contribution in [0, 0.1) is 55.3 Å². The number of ether oxygens (including phenoxy) is 1. The molecule has 7 atom stereocenters. The van der Waals surface area contributed by atoms with Gasteiger partial charge in [0.25, 0.3) is 0 Å². The molecule has 4 aliphatic carbocycles. The van der Waals surface area contributed by atoms with Gasteiger partial charge in [-0.1, -0.05) is 35.9 Å². The molecule has 6 aliphatic rings. The van der Waals surface area contributed by atoms with Crippen LogP contribution >= 0.6 is 0 Å². The monoisotopic (exact) mass is 496 g/mol. The second kappa shape index (κ2) is 7.88. The highest BCUT2D eigenvalue weighted by Crippen LogP contribution is 2.65. The highest BCUT2D eigenvalue weighted by molar-refractivity contribution is 6.22. The normalized spacial score (nSPS) is 33.1. The average molecular weight is 497 g/mol. The van der Waals surface area contributed by atoms with E-state index in [-0.39, 0.29) is 60.1 Å². The number of hydrogen-bond acceptors (Lipinski definition) is 5. The minimum absolute atomic E-state index is 0.0798. The van der Waals surface area contributed by atoms with E-state index in [1.165, 1.54) is 4.90 Å². The SMILES string of the molecule is Cc1ccc(N2C[C@H](C(=O)Oc3cccc(N4C(=O)[C@@H]5[C@H]6C=C[C@@H]([C@@H]7C[C@@H]67)[C@@H]5C4=O)c3)CC2=O)c(C)c1. The first-order valence-corrected chi connectivity index (χ1v) is 13.1. The van der Waals surface area contributed by atoms with Crippen molar-refractivity contribution in [2.24, 2.45) is 41.4 Å². The molecule has 8 rings (SSSR count). The van der Waals surface area contributed by atoms with Crippen molar-refractivity contribution in [2.45, 2.75) is 26.7 Å². The Bertz CT molecular complexity index is 1380. The zero-order valence-corrected chi connectivity index (χ0v) is 20.8. The van der Waals surface area contributed by atoms with E-state index in [4.69, 9.17) is 4.74 Å². The van der Waals surface area contributed by atoms with Gasteiger partial charge in [-0.3, -0.25) is 19.2 Å². The number of aryl methyl sites for hydroxylation is 2. The van der Waals surface area contributed by atoms with Crippen molar-refractivity contribution in [3.63, 3.8) is 0 Å². The molecule has 7 heteroatoms. The molecule has 3 amide bonds. The second-order valence-electron chi connectivity index (χ2n) is 11.3. The summed E-state index contributed by atoms with van der Waals surface area (Å²) in [7, 11) is 0. The molecule has 0 unspecified atom stereocenters. The van der Waals surface area contributed by atoms with E-state index in [1.54, 1.807) is 29.2 Å². The van der Waals surface area contributed by atoms with Crippen LogP contribution in [-0.2, 0) is 19.2 Å². The number of hydrogen-bond donors (Lipinski definition) is 0. The Labute approximate surface area is 215 Å². The molecule has 2 aliphatic heterocycles. The first-order valence-electron chi connectivity index (χ1n) is 13.1. The quantitative estimate of drug-likeness (QED) is 0.278. The zero-order chi connectivity index (χ0) is 25.6. The summed E-state index contributed by atoms with van der Waals surface area (Å²) >= 11 is 0. The second-order valence-corrected chi connectivity index (χ2v) is 11.3. The number of imide groups is 1. The maximum atomic E-state index is 13.4. The van der Waals surface area contributed by atoms with Crippen LogP contribution in [0.3, 0.4) is 0 Å². The highest BCUT2D eigenvalue weighted by Gasteiger charge is 2.67. The Morgan fingerprint density at radius 2 is 1.62 bits per heavy atom. The topological polar surface area (TPSA) is 84.0 Å². The molecule has 2 saturated heterocycles. The number of carbonyl (C=O) groups excluding carboxylic acids is 4. The Balaban J connectivity index is 1.08. The third-order valence-electron chi connectivity index (χ3n) is 9.06. The van der Waals surface area contributed by atoms with Crippen molar-refractivity contribution in [3.05, 3.63) is 65.7 Å². The standard InChI is InChI=1S/C30H28N2O5/c1-15-6-9-24(16(2)10-15)31-14-17(11-25(31)33)30(36)37-19-5-3-4-18(12-19)32-28(34)26-20-7-8-21(23-13-22(20)23)27(26)29(32)35/h3-10,12,17,20-23,26-27H,11,13-14H2,1-2H3/t17-,20+,21+,22+,23+,26-,27+/m1/s1. The fraction of sp³-hybridized carbons (Fsp3) is 0.400. The van der Waals surface area contributed by atoms with E-state index in [1.807, 2.05) is 32.0 Å². The van der Waals surface area contributed by atoms with Gasteiger partial charge in [0.1, 0.15) is 5.75 Å². The molecule has 0 spiro atoms. The summed E-state index contributed by atoms with van der Waals surface area (Å²) in [5.41, 5.74) is 3.33. The molecule has 4 fully saturated rings. The van der Waals surface area contributed by atoms with Gasteiger partial charge >= 0.3 is 5.97 Å². The molecular formula is C30H28N2O5. The Morgan fingerprint density at radius 1 is 0.919 bits per heavy atom. The number of allylic oxidation sites excluding steroid dienone is 2. The lowest BCUT2D eigenvalue weighted by molar-refractivity contribution is -0.139. The lowest BCUT2D eigenvalue weighted by atomic mass is 9.63. The van der Waals surface area contributed by atoms with Crippen LogP contribution < -0.4 is 14.5 Å². The van der Waals surface area contributed by atoms with E-state index < -0.39 is 11.9 Å². The smallest absolute Gasteiger partial charge is 0.316 e. The molecule has 0 radical (unpaired) electrons. The largest absolute Gasteiger partial charge is 0.426 e. The summed E-state index contributed by atoms with van der Waals surface area (Å²) in [5, 5.41) is 0. The van der Waals surface area contributed by atoms with E-state index in [0.29, 0.717) is 17.5 Å². The van der Waals surface area contributed by atoms with E-state index in [9.17, 15) is 19.2 Å². The molecule has 0 aromatic heterocycles. The van der Waals surface area contributed by atoms with Gasteiger partial charge in [-0.25, -0.2) is 4.90 Å². The summed E-state index contributed by atoms with van der Waals surface area (Å²) < 4.78 is 5.67. The molecule has 2 saturated carbocycles. The predicted molar refractivity (Wildman–Crippen MR) is 136 cm³/mol. The maximum Gasteiger partial charge on any atom is 0.316 e. The number of esters is 1. The van der Waals surface area contributed by atoms with Crippen LogP contribution in [0.15, 0.2) is 54.6 Å². The highest BCUT2D eigenvalue weighted by atomic mass is 16.5. The maximum absolute atomic E-state index is 13.4. The molecule has 7 nitrogen and oxygen atoms in total. The molecule has 37 heavy (non-hydrogen) atoms. The van der Waals surface area contributed by atoms with E-state index >= 15 is 0 Å². The van der Waals surface area contributed by atoms with Crippen LogP contribution in [0.4, 0.5) is 11.4 Å². The number of anilines is 2. The van der Waals surface area contributed by atoms with Gasteiger partial charge in [-0.05, 0) is 67.7 Å². The van der Waals surface area contributed by atoms with Gasteiger partial charge in [-0.2, -0.15) is 0 Å². The zero-order valence-electron chi connectivity index (χ0n) is 20.8. The number of carbonyl (C=O) groups is 4. The average Bonchev–Trinajstić information content (AvgIpc) is 3.55. The summed E-state index contributed by atoms with van der Waals surface area (Å²) in [4.78, 5) is 55.5. The Hall–Kier alpha value is -3.74. The van der Waals surface area contributed by atoms with Crippen LogP contribution in [0.5, 0.6) is 5.75 Å². The van der Waals surface area contributed by atoms with E-state index in [2.05, 4.69) is 12.2 Å². The molecule has 0 N–H and O–H groups in total. The fourth-order valence-corrected chi connectivity index (χ4v) is 7.30. The summed E-state index contributed by atoms with van der Waals surface area (Å²) in [5.74, 6) is -0.394. The van der Waals surface area contributed by atoms with Crippen LogP contribution in [0.1, 0.15) is 24.0 Å².